The van der Waals surface area contributed by atoms with Gasteiger partial charge < -0.3 is 10.2 Å². The third kappa shape index (κ3) is 2.04. The van der Waals surface area contributed by atoms with Gasteiger partial charge in [0.2, 0.25) is 0 Å². The minimum Gasteiger partial charge on any atom is -0.369 e. The molecule has 1 aliphatic rings. The molecule has 1 N–H and O–H groups in total. The van der Waals surface area contributed by atoms with E-state index in [4.69, 9.17) is 0 Å². The van der Waals surface area contributed by atoms with Gasteiger partial charge in [0.15, 0.2) is 0 Å². The van der Waals surface area contributed by atoms with Gasteiger partial charge >= 0.3 is 0 Å². The molecule has 0 aromatic carbocycles. The van der Waals surface area contributed by atoms with Crippen LogP contribution in [0.5, 0.6) is 0 Å². The number of aromatic nitrogens is 1. The first-order valence-electron chi connectivity index (χ1n) is 5.25. The molecular weight excluding hydrogens is 174 g/mol. The lowest BCUT2D eigenvalue weighted by Crippen LogP contribution is -2.28. The summed E-state index contributed by atoms with van der Waals surface area (Å²) in [6.45, 7) is 6.52. The lowest BCUT2D eigenvalue weighted by molar-refractivity contribution is 0.724. The van der Waals surface area contributed by atoms with E-state index in [1.807, 2.05) is 12.3 Å². The number of pyridine rings is 1. The Hall–Kier alpha value is -1.09. The van der Waals surface area contributed by atoms with Crippen LogP contribution in [-0.4, -0.2) is 31.2 Å². The van der Waals surface area contributed by atoms with Gasteiger partial charge in [-0.3, -0.25) is 4.98 Å². The predicted octanol–water partition coefficient (Wildman–Crippen LogP) is 1.19. The van der Waals surface area contributed by atoms with E-state index in [1.165, 1.54) is 12.1 Å². The summed E-state index contributed by atoms with van der Waals surface area (Å²) < 4.78 is 0. The molecule has 1 aromatic rings. The van der Waals surface area contributed by atoms with Crippen LogP contribution < -0.4 is 10.2 Å². The van der Waals surface area contributed by atoms with Crippen LogP contribution in [0, 0.1) is 6.92 Å². The Morgan fingerprint density at radius 2 is 2.29 bits per heavy atom. The molecule has 1 aromatic heterocycles. The van der Waals surface area contributed by atoms with E-state index in [1.54, 1.807) is 0 Å². The third-order valence-corrected chi connectivity index (χ3v) is 2.66. The highest BCUT2D eigenvalue weighted by molar-refractivity contribution is 5.49. The van der Waals surface area contributed by atoms with Crippen LogP contribution in [0.25, 0.3) is 0 Å². The number of hydrogen-bond donors (Lipinski definition) is 1. The standard InChI is InChI=1S/C11H17N3/c1-10-11(4-2-6-13-10)14-8-3-5-12-7-9-14/h2,4,6,12H,3,5,7-9H2,1H3. The third-order valence-electron chi connectivity index (χ3n) is 2.66. The molecule has 0 saturated carbocycles. The number of nitrogens with zero attached hydrogens (tertiary/aromatic N) is 2. The molecule has 0 bridgehead atoms. The maximum Gasteiger partial charge on any atom is 0.0605 e. The van der Waals surface area contributed by atoms with Crippen molar-refractivity contribution >= 4 is 5.69 Å². The molecule has 2 heterocycles. The molecule has 14 heavy (non-hydrogen) atoms. The van der Waals surface area contributed by atoms with E-state index in [0.29, 0.717) is 0 Å². The summed E-state index contributed by atoms with van der Waals surface area (Å²) in [5.41, 5.74) is 2.42. The molecule has 3 heteroatoms. The topological polar surface area (TPSA) is 28.2 Å². The van der Waals surface area contributed by atoms with E-state index in [2.05, 4.69) is 28.2 Å². The number of anilines is 1. The lowest BCUT2D eigenvalue weighted by atomic mass is 10.2. The SMILES string of the molecule is Cc1ncccc1N1CCCNCC1. The van der Waals surface area contributed by atoms with E-state index >= 15 is 0 Å². The lowest BCUT2D eigenvalue weighted by Gasteiger charge is -2.23. The second-order valence-corrected chi connectivity index (χ2v) is 3.70. The van der Waals surface area contributed by atoms with Crippen LogP contribution in [0.4, 0.5) is 5.69 Å². The molecule has 0 radical (unpaired) electrons. The van der Waals surface area contributed by atoms with Gasteiger partial charge in [0.25, 0.3) is 0 Å². The highest BCUT2D eigenvalue weighted by atomic mass is 15.2. The molecule has 3 nitrogen and oxygen atoms in total. The molecule has 1 saturated heterocycles. The molecular formula is C11H17N3. The zero-order valence-corrected chi connectivity index (χ0v) is 8.66. The summed E-state index contributed by atoms with van der Waals surface area (Å²) in [5.74, 6) is 0. The van der Waals surface area contributed by atoms with Crippen molar-refractivity contribution in [1.82, 2.24) is 10.3 Å². The average Bonchev–Trinajstić information content (AvgIpc) is 2.47. The first-order chi connectivity index (χ1) is 6.88. The summed E-state index contributed by atoms with van der Waals surface area (Å²) in [5, 5.41) is 3.40. The quantitative estimate of drug-likeness (QED) is 0.722. The Morgan fingerprint density at radius 3 is 3.14 bits per heavy atom. The van der Waals surface area contributed by atoms with Crippen molar-refractivity contribution in [3.8, 4) is 0 Å². The predicted molar refractivity (Wildman–Crippen MR) is 58.7 cm³/mol. The highest BCUT2D eigenvalue weighted by Crippen LogP contribution is 2.17. The Bertz CT molecular complexity index is 290. The fourth-order valence-electron chi connectivity index (χ4n) is 1.90. The van der Waals surface area contributed by atoms with E-state index in [0.717, 1.165) is 31.9 Å². The molecule has 1 fully saturated rings. The summed E-state index contributed by atoms with van der Waals surface area (Å²) in [4.78, 5) is 6.74. The van der Waals surface area contributed by atoms with Gasteiger partial charge in [-0.05, 0) is 32.0 Å². The Kier molecular flexibility index (Phi) is 2.99. The normalized spacial score (nSPS) is 17.9. The molecule has 2 rings (SSSR count). The van der Waals surface area contributed by atoms with Crippen molar-refractivity contribution in [2.24, 2.45) is 0 Å². The molecule has 0 spiro atoms. The van der Waals surface area contributed by atoms with Crippen molar-refractivity contribution in [3.63, 3.8) is 0 Å². The first-order valence-corrected chi connectivity index (χ1v) is 5.25. The van der Waals surface area contributed by atoms with E-state index in [9.17, 15) is 0 Å². The van der Waals surface area contributed by atoms with Crippen LogP contribution in [0.2, 0.25) is 0 Å². The van der Waals surface area contributed by atoms with Crippen LogP contribution >= 0.6 is 0 Å². The summed E-state index contributed by atoms with van der Waals surface area (Å²) in [6, 6.07) is 4.17. The monoisotopic (exact) mass is 191 g/mol. The van der Waals surface area contributed by atoms with Crippen molar-refractivity contribution < 1.29 is 0 Å². The summed E-state index contributed by atoms with van der Waals surface area (Å²) in [6.07, 6.45) is 3.07. The molecule has 0 amide bonds. The number of aryl methyl sites for hydroxylation is 1. The minimum absolute atomic E-state index is 1.08. The van der Waals surface area contributed by atoms with Gasteiger partial charge in [-0.2, -0.15) is 0 Å². The molecule has 0 aliphatic carbocycles. The Labute approximate surface area is 85.1 Å². The van der Waals surface area contributed by atoms with Crippen molar-refractivity contribution in [2.45, 2.75) is 13.3 Å². The maximum atomic E-state index is 4.32. The molecule has 0 atom stereocenters. The summed E-state index contributed by atoms with van der Waals surface area (Å²) >= 11 is 0. The number of nitrogens with one attached hydrogen (secondary N) is 1. The van der Waals surface area contributed by atoms with Gasteiger partial charge in [-0.15, -0.1) is 0 Å². The van der Waals surface area contributed by atoms with E-state index < -0.39 is 0 Å². The molecule has 76 valence electrons. The molecule has 1 aliphatic heterocycles. The zero-order chi connectivity index (χ0) is 9.80. The smallest absolute Gasteiger partial charge is 0.0605 e. The van der Waals surface area contributed by atoms with Gasteiger partial charge in [-0.25, -0.2) is 0 Å². The average molecular weight is 191 g/mol. The van der Waals surface area contributed by atoms with E-state index in [-0.39, 0.29) is 0 Å². The van der Waals surface area contributed by atoms with Gasteiger partial charge in [-0.1, -0.05) is 0 Å². The van der Waals surface area contributed by atoms with Gasteiger partial charge in [0, 0.05) is 25.8 Å². The van der Waals surface area contributed by atoms with Crippen LogP contribution in [0.3, 0.4) is 0 Å². The second-order valence-electron chi connectivity index (χ2n) is 3.70. The Morgan fingerprint density at radius 1 is 1.36 bits per heavy atom. The van der Waals surface area contributed by atoms with Gasteiger partial charge in [0.1, 0.15) is 0 Å². The minimum atomic E-state index is 1.08. The van der Waals surface area contributed by atoms with Crippen molar-refractivity contribution in [3.05, 3.63) is 24.0 Å². The fraction of sp³-hybridized carbons (Fsp3) is 0.545. The van der Waals surface area contributed by atoms with Crippen molar-refractivity contribution in [2.75, 3.05) is 31.1 Å². The number of rotatable bonds is 1. The zero-order valence-electron chi connectivity index (χ0n) is 8.66. The fourth-order valence-corrected chi connectivity index (χ4v) is 1.90. The van der Waals surface area contributed by atoms with Crippen LogP contribution in [0.1, 0.15) is 12.1 Å². The first kappa shape index (κ1) is 9.46. The van der Waals surface area contributed by atoms with Crippen LogP contribution in [0.15, 0.2) is 18.3 Å². The maximum absolute atomic E-state index is 4.32. The van der Waals surface area contributed by atoms with Gasteiger partial charge in [0.05, 0.1) is 11.4 Å². The molecule has 0 unspecified atom stereocenters. The second kappa shape index (κ2) is 4.42. The van der Waals surface area contributed by atoms with Crippen molar-refractivity contribution in [1.29, 1.82) is 0 Å². The van der Waals surface area contributed by atoms with Crippen LogP contribution in [-0.2, 0) is 0 Å². The Balaban J connectivity index is 2.16. The summed E-state index contributed by atoms with van der Waals surface area (Å²) in [7, 11) is 0. The number of hydrogen-bond acceptors (Lipinski definition) is 3. The largest absolute Gasteiger partial charge is 0.369 e. The highest BCUT2D eigenvalue weighted by Gasteiger charge is 2.11.